The molecule has 0 fully saturated rings. The number of hydrogen-bond donors (Lipinski definition) is 1. The quantitative estimate of drug-likeness (QED) is 0.505. The molecule has 0 unspecified atom stereocenters. The van der Waals surface area contributed by atoms with E-state index in [9.17, 15) is 19.7 Å². The third kappa shape index (κ3) is 3.32. The zero-order valence-corrected chi connectivity index (χ0v) is 11.9. The van der Waals surface area contributed by atoms with Crippen LogP contribution in [0, 0.1) is 17.0 Å². The van der Waals surface area contributed by atoms with Gasteiger partial charge < -0.3 is 5.32 Å². The highest BCUT2D eigenvalue weighted by atomic mass is 16.6. The molecule has 0 aliphatic heterocycles. The van der Waals surface area contributed by atoms with Crippen molar-refractivity contribution in [3.63, 3.8) is 0 Å². The van der Waals surface area contributed by atoms with Crippen molar-refractivity contribution in [3.8, 4) is 0 Å². The van der Waals surface area contributed by atoms with Crippen LogP contribution in [-0.2, 0) is 11.3 Å². The van der Waals surface area contributed by atoms with E-state index >= 15 is 0 Å². The van der Waals surface area contributed by atoms with Crippen molar-refractivity contribution in [1.29, 1.82) is 0 Å². The van der Waals surface area contributed by atoms with Crippen molar-refractivity contribution >= 4 is 23.1 Å². The first-order valence-corrected chi connectivity index (χ1v) is 6.34. The summed E-state index contributed by atoms with van der Waals surface area (Å²) in [5, 5.41) is 20.6. The summed E-state index contributed by atoms with van der Waals surface area (Å²) >= 11 is 0. The number of nitrogens with zero attached hydrogens (tertiary/aromatic N) is 4. The largest absolute Gasteiger partial charge is 0.324 e. The molecule has 0 radical (unpaired) electrons. The standard InChI is InChI=1S/C13H13N5O4/c1-8-13(9(2)19)15-16-17(8)7-12(20)14-10-3-5-11(6-4-10)18(21)22/h3-6H,7H2,1-2H3,(H,14,20). The van der Waals surface area contributed by atoms with E-state index in [1.165, 1.54) is 35.9 Å². The number of carbonyl (C=O) groups excluding carboxylic acids is 2. The average Bonchev–Trinajstić information content (AvgIpc) is 2.80. The molecule has 1 aromatic heterocycles. The maximum absolute atomic E-state index is 11.9. The van der Waals surface area contributed by atoms with Crippen LogP contribution in [0.25, 0.3) is 0 Å². The number of amides is 1. The summed E-state index contributed by atoms with van der Waals surface area (Å²) in [7, 11) is 0. The smallest absolute Gasteiger partial charge is 0.269 e. The van der Waals surface area contributed by atoms with Crippen molar-refractivity contribution in [2.45, 2.75) is 20.4 Å². The van der Waals surface area contributed by atoms with Crippen LogP contribution in [-0.4, -0.2) is 31.6 Å². The molecule has 9 heteroatoms. The maximum Gasteiger partial charge on any atom is 0.269 e. The number of carbonyl (C=O) groups is 2. The zero-order valence-electron chi connectivity index (χ0n) is 11.9. The van der Waals surface area contributed by atoms with Gasteiger partial charge in [-0.05, 0) is 19.1 Å². The van der Waals surface area contributed by atoms with E-state index in [-0.39, 0.29) is 29.6 Å². The number of non-ortho nitro benzene ring substituents is 1. The number of anilines is 1. The van der Waals surface area contributed by atoms with Crippen molar-refractivity contribution in [3.05, 3.63) is 45.8 Å². The molecule has 2 rings (SSSR count). The third-order valence-corrected chi connectivity index (χ3v) is 2.97. The summed E-state index contributed by atoms with van der Waals surface area (Å²) in [5.74, 6) is -0.600. The van der Waals surface area contributed by atoms with Gasteiger partial charge in [0, 0.05) is 24.7 Å². The van der Waals surface area contributed by atoms with Gasteiger partial charge in [0.2, 0.25) is 5.91 Å². The molecule has 0 spiro atoms. The second kappa shape index (κ2) is 6.12. The number of nitro benzene ring substituents is 1. The summed E-state index contributed by atoms with van der Waals surface area (Å²) in [4.78, 5) is 33.2. The summed E-state index contributed by atoms with van der Waals surface area (Å²) in [6.07, 6.45) is 0. The minimum atomic E-state index is -0.520. The second-order valence-corrected chi connectivity index (χ2v) is 4.59. The predicted molar refractivity (Wildman–Crippen MR) is 76.5 cm³/mol. The van der Waals surface area contributed by atoms with Gasteiger partial charge in [0.15, 0.2) is 11.5 Å². The number of nitrogens with one attached hydrogen (secondary N) is 1. The highest BCUT2D eigenvalue weighted by molar-refractivity contribution is 5.93. The van der Waals surface area contributed by atoms with Gasteiger partial charge in [-0.3, -0.25) is 19.7 Å². The van der Waals surface area contributed by atoms with E-state index in [1.54, 1.807) is 6.92 Å². The number of aromatic nitrogens is 3. The molecule has 0 aliphatic carbocycles. The fourth-order valence-corrected chi connectivity index (χ4v) is 1.84. The lowest BCUT2D eigenvalue weighted by Crippen LogP contribution is -2.20. The molecule has 2 aromatic rings. The van der Waals surface area contributed by atoms with E-state index < -0.39 is 4.92 Å². The van der Waals surface area contributed by atoms with Gasteiger partial charge >= 0.3 is 0 Å². The van der Waals surface area contributed by atoms with Crippen LogP contribution in [0.15, 0.2) is 24.3 Å². The molecule has 1 aromatic carbocycles. The van der Waals surface area contributed by atoms with Crippen LogP contribution in [0.4, 0.5) is 11.4 Å². The van der Waals surface area contributed by atoms with Crippen LogP contribution in [0.2, 0.25) is 0 Å². The van der Waals surface area contributed by atoms with Gasteiger partial charge in [0.1, 0.15) is 6.54 Å². The number of ketones is 1. The van der Waals surface area contributed by atoms with Gasteiger partial charge in [-0.25, -0.2) is 4.68 Å². The van der Waals surface area contributed by atoms with Crippen molar-refractivity contribution in [2.75, 3.05) is 5.32 Å². The Kier molecular flexibility index (Phi) is 4.25. The highest BCUT2D eigenvalue weighted by Crippen LogP contribution is 2.15. The Bertz CT molecular complexity index is 735. The Morgan fingerprint density at radius 2 is 1.95 bits per heavy atom. The molecule has 0 aliphatic rings. The Labute approximate surface area is 125 Å². The number of hydrogen-bond acceptors (Lipinski definition) is 6. The Hall–Kier alpha value is -3.10. The van der Waals surface area contributed by atoms with E-state index in [0.717, 1.165) is 0 Å². The minimum absolute atomic E-state index is 0.0591. The first-order valence-electron chi connectivity index (χ1n) is 6.34. The van der Waals surface area contributed by atoms with E-state index in [1.807, 2.05) is 0 Å². The summed E-state index contributed by atoms with van der Waals surface area (Å²) in [5.41, 5.74) is 1.10. The van der Waals surface area contributed by atoms with E-state index in [2.05, 4.69) is 15.6 Å². The van der Waals surface area contributed by atoms with Gasteiger partial charge in [-0.2, -0.15) is 0 Å². The highest BCUT2D eigenvalue weighted by Gasteiger charge is 2.15. The van der Waals surface area contributed by atoms with Gasteiger partial charge in [-0.15, -0.1) is 5.10 Å². The SMILES string of the molecule is CC(=O)c1nnn(CC(=O)Nc2ccc([N+](=O)[O-])cc2)c1C. The van der Waals surface area contributed by atoms with Crippen LogP contribution in [0.5, 0.6) is 0 Å². The van der Waals surface area contributed by atoms with Crippen molar-refractivity contribution < 1.29 is 14.5 Å². The molecule has 1 amide bonds. The fraction of sp³-hybridized carbons (Fsp3) is 0.231. The lowest BCUT2D eigenvalue weighted by molar-refractivity contribution is -0.384. The van der Waals surface area contributed by atoms with Gasteiger partial charge in [0.05, 0.1) is 10.6 Å². The number of nitro groups is 1. The Morgan fingerprint density at radius 3 is 2.45 bits per heavy atom. The van der Waals surface area contributed by atoms with Crippen molar-refractivity contribution in [1.82, 2.24) is 15.0 Å². The molecule has 0 atom stereocenters. The van der Waals surface area contributed by atoms with Gasteiger partial charge in [0.25, 0.3) is 5.69 Å². The second-order valence-electron chi connectivity index (χ2n) is 4.59. The predicted octanol–water partition coefficient (Wildman–Crippen LogP) is 1.34. The molecule has 1 N–H and O–H groups in total. The maximum atomic E-state index is 11.9. The van der Waals surface area contributed by atoms with E-state index in [0.29, 0.717) is 11.4 Å². The van der Waals surface area contributed by atoms with Crippen LogP contribution in [0.1, 0.15) is 23.1 Å². The first-order chi connectivity index (χ1) is 10.4. The Balaban J connectivity index is 2.04. The average molecular weight is 303 g/mol. The topological polar surface area (TPSA) is 120 Å². The first kappa shape index (κ1) is 15.3. The molecule has 0 saturated heterocycles. The number of rotatable bonds is 5. The molecule has 0 saturated carbocycles. The normalized spacial score (nSPS) is 10.3. The number of benzene rings is 1. The molecule has 1 heterocycles. The molecular weight excluding hydrogens is 290 g/mol. The summed E-state index contributed by atoms with van der Waals surface area (Å²) in [6, 6.07) is 5.46. The lowest BCUT2D eigenvalue weighted by Gasteiger charge is -2.06. The van der Waals surface area contributed by atoms with Crippen LogP contribution in [0.3, 0.4) is 0 Å². The molecule has 0 bridgehead atoms. The summed E-state index contributed by atoms with van der Waals surface area (Å²) in [6.45, 7) is 2.91. The van der Waals surface area contributed by atoms with Crippen LogP contribution >= 0.6 is 0 Å². The third-order valence-electron chi connectivity index (χ3n) is 2.97. The molecule has 22 heavy (non-hydrogen) atoms. The van der Waals surface area contributed by atoms with Crippen LogP contribution < -0.4 is 5.32 Å². The monoisotopic (exact) mass is 303 g/mol. The fourth-order valence-electron chi connectivity index (χ4n) is 1.84. The van der Waals surface area contributed by atoms with E-state index in [4.69, 9.17) is 0 Å². The Morgan fingerprint density at radius 1 is 1.32 bits per heavy atom. The molecule has 9 nitrogen and oxygen atoms in total. The zero-order chi connectivity index (χ0) is 16.3. The summed E-state index contributed by atoms with van der Waals surface area (Å²) < 4.78 is 1.32. The van der Waals surface area contributed by atoms with Gasteiger partial charge in [-0.1, -0.05) is 5.21 Å². The lowest BCUT2D eigenvalue weighted by atomic mass is 10.2. The minimum Gasteiger partial charge on any atom is -0.324 e. The van der Waals surface area contributed by atoms with Crippen molar-refractivity contribution in [2.24, 2.45) is 0 Å². The number of Topliss-reactive ketones (excluding diaryl/α,β-unsaturated/α-hetero) is 1. The molecular formula is C13H13N5O4. The molecule has 114 valence electrons.